The van der Waals surface area contributed by atoms with Gasteiger partial charge in [0.2, 0.25) is 0 Å². The van der Waals surface area contributed by atoms with Gasteiger partial charge in [0.25, 0.3) is 0 Å². The Hall–Kier alpha value is -1.83. The number of nitriles is 1. The van der Waals surface area contributed by atoms with E-state index in [0.717, 1.165) is 31.3 Å². The Morgan fingerprint density at radius 1 is 1.16 bits per heavy atom. The molecule has 4 heteroatoms. The van der Waals surface area contributed by atoms with Crippen LogP contribution in [-0.4, -0.2) is 4.98 Å². The number of benzene rings is 2. The molecule has 92 valence electrons. The van der Waals surface area contributed by atoms with E-state index in [1.54, 1.807) is 23.1 Å². The van der Waals surface area contributed by atoms with Crippen LogP contribution in [0.25, 0.3) is 10.8 Å². The van der Waals surface area contributed by atoms with Gasteiger partial charge in [-0.15, -0.1) is 11.3 Å². The van der Waals surface area contributed by atoms with Crippen molar-refractivity contribution in [3.63, 3.8) is 0 Å². The summed E-state index contributed by atoms with van der Waals surface area (Å²) in [5.41, 5.74) is 1.76. The lowest BCUT2D eigenvalue weighted by Gasteiger charge is -2.05. The third-order valence-electron chi connectivity index (χ3n) is 2.80. The third kappa shape index (κ3) is 2.35. The number of nitrogens with zero attached hydrogens (tertiary/aromatic N) is 2. The van der Waals surface area contributed by atoms with Crippen LogP contribution >= 0.6 is 23.1 Å². The molecule has 2 aromatic carbocycles. The summed E-state index contributed by atoms with van der Waals surface area (Å²) in [7, 11) is 0. The fraction of sp³-hybridized carbons (Fsp3) is 0.0667. The summed E-state index contributed by atoms with van der Waals surface area (Å²) in [5.74, 6) is 0. The second kappa shape index (κ2) is 5.04. The zero-order valence-electron chi connectivity index (χ0n) is 10.3. The van der Waals surface area contributed by atoms with Crippen molar-refractivity contribution < 1.29 is 0 Å². The Balaban J connectivity index is 2.12. The first-order valence-electron chi connectivity index (χ1n) is 5.80. The van der Waals surface area contributed by atoms with Gasteiger partial charge in [0.1, 0.15) is 0 Å². The van der Waals surface area contributed by atoms with E-state index in [-0.39, 0.29) is 0 Å². The highest BCUT2D eigenvalue weighted by atomic mass is 32.2. The molecule has 0 bridgehead atoms. The minimum atomic E-state index is 0.718. The molecule has 0 aliphatic carbocycles. The van der Waals surface area contributed by atoms with Gasteiger partial charge in [0, 0.05) is 21.4 Å². The number of aromatic nitrogens is 1. The fourth-order valence-electron chi connectivity index (χ4n) is 1.93. The Morgan fingerprint density at radius 2 is 1.95 bits per heavy atom. The molecule has 3 aromatic rings. The van der Waals surface area contributed by atoms with Crippen molar-refractivity contribution in [2.45, 2.75) is 16.2 Å². The molecule has 2 nitrogen and oxygen atoms in total. The van der Waals surface area contributed by atoms with Crippen LogP contribution in [0.2, 0.25) is 0 Å². The van der Waals surface area contributed by atoms with Gasteiger partial charge in [-0.2, -0.15) is 5.26 Å². The second-order valence-corrected chi connectivity index (χ2v) is 6.27. The molecule has 3 rings (SSSR count). The first-order chi connectivity index (χ1) is 9.28. The quantitative estimate of drug-likeness (QED) is 0.687. The molecule has 0 fully saturated rings. The molecular weight excluding hydrogens is 272 g/mol. The van der Waals surface area contributed by atoms with Gasteiger partial charge in [0.15, 0.2) is 4.34 Å². The maximum absolute atomic E-state index is 9.15. The van der Waals surface area contributed by atoms with E-state index < -0.39 is 0 Å². The predicted octanol–water partition coefficient (Wildman–Crippen LogP) is 4.63. The lowest BCUT2D eigenvalue weighted by atomic mass is 10.1. The van der Waals surface area contributed by atoms with Crippen LogP contribution in [0.1, 0.15) is 11.3 Å². The van der Waals surface area contributed by atoms with E-state index in [4.69, 9.17) is 5.26 Å². The highest BCUT2D eigenvalue weighted by Crippen LogP contribution is 2.36. The number of hydrogen-bond acceptors (Lipinski definition) is 4. The lowest BCUT2D eigenvalue weighted by Crippen LogP contribution is -1.83. The molecule has 0 saturated heterocycles. The lowest BCUT2D eigenvalue weighted by molar-refractivity contribution is 1.16. The van der Waals surface area contributed by atoms with Gasteiger partial charge < -0.3 is 0 Å². The second-order valence-electron chi connectivity index (χ2n) is 4.13. The monoisotopic (exact) mass is 282 g/mol. The number of thiazole rings is 1. The molecule has 0 radical (unpaired) electrons. The molecule has 1 aromatic heterocycles. The summed E-state index contributed by atoms with van der Waals surface area (Å²) in [4.78, 5) is 5.61. The Bertz CT molecular complexity index is 784. The summed E-state index contributed by atoms with van der Waals surface area (Å²) >= 11 is 3.30. The Morgan fingerprint density at radius 3 is 2.63 bits per heavy atom. The number of rotatable bonds is 2. The van der Waals surface area contributed by atoms with Crippen LogP contribution in [-0.2, 0) is 0 Å². The van der Waals surface area contributed by atoms with E-state index in [9.17, 15) is 0 Å². The average molecular weight is 282 g/mol. The zero-order valence-corrected chi connectivity index (χ0v) is 11.9. The highest BCUT2D eigenvalue weighted by molar-refractivity contribution is 8.01. The summed E-state index contributed by atoms with van der Waals surface area (Å²) in [6, 6.07) is 14.1. The molecule has 1 heterocycles. The van der Waals surface area contributed by atoms with Crippen molar-refractivity contribution >= 4 is 33.9 Å². The number of hydrogen-bond donors (Lipinski definition) is 0. The van der Waals surface area contributed by atoms with Gasteiger partial charge in [-0.1, -0.05) is 36.0 Å². The molecule has 0 N–H and O–H groups in total. The van der Waals surface area contributed by atoms with Crippen molar-refractivity contribution in [3.05, 3.63) is 53.0 Å². The van der Waals surface area contributed by atoms with Gasteiger partial charge >= 0.3 is 0 Å². The molecule has 0 saturated carbocycles. The first kappa shape index (κ1) is 12.2. The van der Waals surface area contributed by atoms with Crippen LogP contribution in [0, 0.1) is 18.3 Å². The van der Waals surface area contributed by atoms with Crippen molar-refractivity contribution in [1.29, 1.82) is 5.26 Å². The fourth-order valence-corrected chi connectivity index (χ4v) is 3.86. The van der Waals surface area contributed by atoms with Crippen LogP contribution in [0.3, 0.4) is 0 Å². The zero-order chi connectivity index (χ0) is 13.2. The predicted molar refractivity (Wildman–Crippen MR) is 79.6 cm³/mol. The van der Waals surface area contributed by atoms with E-state index >= 15 is 0 Å². The summed E-state index contributed by atoms with van der Waals surface area (Å²) in [6.07, 6.45) is 0. The first-order valence-corrected chi connectivity index (χ1v) is 7.49. The van der Waals surface area contributed by atoms with Gasteiger partial charge in [-0.05, 0) is 24.4 Å². The van der Waals surface area contributed by atoms with Crippen LogP contribution < -0.4 is 0 Å². The maximum atomic E-state index is 9.15. The van der Waals surface area contributed by atoms with Crippen LogP contribution in [0.15, 0.2) is 51.0 Å². The largest absolute Gasteiger partial charge is 0.235 e. The third-order valence-corrected chi connectivity index (χ3v) is 4.93. The van der Waals surface area contributed by atoms with Crippen molar-refractivity contribution in [2.24, 2.45) is 0 Å². The van der Waals surface area contributed by atoms with E-state index in [1.165, 1.54) is 0 Å². The summed E-state index contributed by atoms with van der Waals surface area (Å²) < 4.78 is 1.03. The number of aryl methyl sites for hydroxylation is 1. The molecule has 0 aliphatic rings. The van der Waals surface area contributed by atoms with Gasteiger partial charge in [-0.3, -0.25) is 0 Å². The minimum Gasteiger partial charge on any atom is -0.235 e. The Kier molecular flexibility index (Phi) is 3.24. The molecule has 19 heavy (non-hydrogen) atoms. The minimum absolute atomic E-state index is 0.718. The van der Waals surface area contributed by atoms with Crippen LogP contribution in [0.5, 0.6) is 0 Å². The summed E-state index contributed by atoms with van der Waals surface area (Å²) in [6.45, 7) is 2.00. The average Bonchev–Trinajstić information content (AvgIpc) is 2.85. The Labute approximate surface area is 119 Å². The van der Waals surface area contributed by atoms with Gasteiger partial charge in [-0.25, -0.2) is 4.98 Å². The SMILES string of the molecule is Cc1csc(Sc2ccc(C#N)c3ccccc23)n1. The molecule has 0 unspecified atom stereocenters. The molecule has 0 amide bonds. The van der Waals surface area contributed by atoms with E-state index in [0.29, 0.717) is 0 Å². The van der Waals surface area contributed by atoms with E-state index in [2.05, 4.69) is 17.1 Å². The molecule has 0 aliphatic heterocycles. The smallest absolute Gasteiger partial charge is 0.154 e. The van der Waals surface area contributed by atoms with Gasteiger partial charge in [0.05, 0.1) is 11.6 Å². The van der Waals surface area contributed by atoms with Crippen molar-refractivity contribution in [2.75, 3.05) is 0 Å². The topological polar surface area (TPSA) is 36.7 Å². The van der Waals surface area contributed by atoms with Crippen molar-refractivity contribution in [3.8, 4) is 6.07 Å². The molecule has 0 atom stereocenters. The standard InChI is InChI=1S/C15H10N2S2/c1-10-9-18-15(17-10)19-14-7-6-11(8-16)12-4-2-3-5-13(12)14/h2-7,9H,1H3. The molecule has 0 spiro atoms. The normalized spacial score (nSPS) is 10.5. The van der Waals surface area contributed by atoms with Crippen molar-refractivity contribution in [1.82, 2.24) is 4.98 Å². The molecular formula is C15H10N2S2. The van der Waals surface area contributed by atoms with E-state index in [1.807, 2.05) is 42.6 Å². The highest BCUT2D eigenvalue weighted by Gasteiger charge is 2.08. The van der Waals surface area contributed by atoms with Crippen LogP contribution in [0.4, 0.5) is 0 Å². The maximum Gasteiger partial charge on any atom is 0.154 e. The summed E-state index contributed by atoms with van der Waals surface area (Å²) in [5, 5.41) is 13.3. The number of fused-ring (bicyclic) bond motifs is 1.